The van der Waals surface area contributed by atoms with Crippen LogP contribution in [0.5, 0.6) is 0 Å². The molecule has 0 saturated carbocycles. The summed E-state index contributed by atoms with van der Waals surface area (Å²) in [5, 5.41) is 1.38. The van der Waals surface area contributed by atoms with Crippen LogP contribution in [0, 0.1) is 5.92 Å². The third-order valence-electron chi connectivity index (χ3n) is 2.25. The molecule has 2 heteroatoms. The van der Waals surface area contributed by atoms with Gasteiger partial charge in [0.05, 0.1) is 0 Å². The Morgan fingerprint density at radius 1 is 1.14 bits per heavy atom. The second kappa shape index (κ2) is 4.91. The monoisotopic (exact) mass is 212 g/mol. The van der Waals surface area contributed by atoms with E-state index in [0.29, 0.717) is 5.92 Å². The van der Waals surface area contributed by atoms with E-state index in [1.807, 2.05) is 0 Å². The van der Waals surface area contributed by atoms with Crippen molar-refractivity contribution in [2.75, 3.05) is 19.9 Å². The van der Waals surface area contributed by atoms with Crippen LogP contribution < -0.4 is 5.30 Å². The van der Waals surface area contributed by atoms with Gasteiger partial charge in [-0.25, -0.2) is 0 Å². The molecule has 0 aliphatic carbocycles. The van der Waals surface area contributed by atoms with E-state index in [9.17, 15) is 0 Å². The Morgan fingerprint density at radius 3 is 2.21 bits per heavy atom. The van der Waals surface area contributed by atoms with E-state index in [0.717, 1.165) is 6.61 Å². The first-order chi connectivity index (χ1) is 6.52. The quantitative estimate of drug-likeness (QED) is 0.697. The summed E-state index contributed by atoms with van der Waals surface area (Å²) in [6, 6.07) is 10.6. The first kappa shape index (κ1) is 11.7. The Morgan fingerprint density at radius 2 is 1.71 bits per heavy atom. The van der Waals surface area contributed by atoms with E-state index in [4.69, 9.17) is 4.52 Å². The van der Waals surface area contributed by atoms with Crippen LogP contribution in [-0.2, 0) is 4.52 Å². The average molecular weight is 212 g/mol. The molecule has 1 rings (SSSR count). The number of rotatable bonds is 4. The molecule has 0 unspecified atom stereocenters. The molecular weight excluding hydrogens is 191 g/mol. The number of hydrogen-bond acceptors (Lipinski definition) is 1. The number of benzene rings is 1. The van der Waals surface area contributed by atoms with Crippen molar-refractivity contribution in [1.82, 2.24) is 0 Å². The molecule has 0 bridgehead atoms. The van der Waals surface area contributed by atoms with Gasteiger partial charge in [0.2, 0.25) is 0 Å². The van der Waals surface area contributed by atoms with Gasteiger partial charge in [-0.3, -0.25) is 0 Å². The molecule has 1 aromatic rings. The van der Waals surface area contributed by atoms with E-state index in [1.54, 1.807) is 0 Å². The van der Waals surface area contributed by atoms with Gasteiger partial charge in [-0.2, -0.15) is 0 Å². The summed E-state index contributed by atoms with van der Waals surface area (Å²) < 4.78 is 6.02. The zero-order chi connectivity index (χ0) is 10.6. The maximum absolute atomic E-state index is 6.02. The zero-order valence-electron chi connectivity index (χ0n) is 9.58. The van der Waals surface area contributed by atoms with Gasteiger partial charge < -0.3 is 0 Å². The fourth-order valence-electron chi connectivity index (χ4n) is 1.30. The van der Waals surface area contributed by atoms with Crippen LogP contribution in [-0.4, -0.2) is 19.9 Å². The van der Waals surface area contributed by atoms with E-state index >= 15 is 0 Å². The Labute approximate surface area is 87.9 Å². The molecule has 0 aromatic heterocycles. The van der Waals surface area contributed by atoms with Crippen molar-refractivity contribution in [3.05, 3.63) is 30.3 Å². The van der Waals surface area contributed by atoms with Crippen LogP contribution in [0.25, 0.3) is 0 Å². The van der Waals surface area contributed by atoms with Gasteiger partial charge in [0.15, 0.2) is 0 Å². The van der Waals surface area contributed by atoms with Gasteiger partial charge in [0.25, 0.3) is 0 Å². The minimum atomic E-state index is -1.64. The van der Waals surface area contributed by atoms with Crippen molar-refractivity contribution in [2.24, 2.45) is 5.92 Å². The molecule has 0 amide bonds. The van der Waals surface area contributed by atoms with Crippen molar-refractivity contribution in [3.63, 3.8) is 0 Å². The zero-order valence-corrected chi connectivity index (χ0v) is 10.6. The molecule has 0 spiro atoms. The fraction of sp³-hybridized carbons (Fsp3) is 0.500. The molecule has 1 nitrogen and oxygen atoms in total. The van der Waals surface area contributed by atoms with Crippen LogP contribution in [0.4, 0.5) is 0 Å². The third kappa shape index (κ3) is 3.40. The molecule has 0 saturated heterocycles. The van der Waals surface area contributed by atoms with Crippen LogP contribution >= 0.6 is 7.49 Å². The average Bonchev–Trinajstić information content (AvgIpc) is 2.16. The summed E-state index contributed by atoms with van der Waals surface area (Å²) in [6.45, 7) is 9.76. The molecule has 0 aliphatic heterocycles. The van der Waals surface area contributed by atoms with Gasteiger partial charge >= 0.3 is 87.4 Å². The van der Waals surface area contributed by atoms with Crippen LogP contribution in [0.2, 0.25) is 0 Å². The van der Waals surface area contributed by atoms with Gasteiger partial charge in [0.1, 0.15) is 0 Å². The van der Waals surface area contributed by atoms with E-state index in [2.05, 4.69) is 57.5 Å². The summed E-state index contributed by atoms with van der Waals surface area (Å²) in [7, 11) is -1.64. The molecule has 80 valence electrons. The Balaban J connectivity index is 2.66. The molecule has 0 radical (unpaired) electrons. The van der Waals surface area contributed by atoms with Gasteiger partial charge in [-0.1, -0.05) is 0 Å². The van der Waals surface area contributed by atoms with Gasteiger partial charge in [-0.15, -0.1) is 0 Å². The molecule has 0 atom stereocenters. The summed E-state index contributed by atoms with van der Waals surface area (Å²) in [5.41, 5.74) is 0. The van der Waals surface area contributed by atoms with Crippen molar-refractivity contribution in [1.29, 1.82) is 0 Å². The van der Waals surface area contributed by atoms with E-state index in [-0.39, 0.29) is 0 Å². The molecule has 0 N–H and O–H groups in total. The minimum absolute atomic E-state index is 0.616. The van der Waals surface area contributed by atoms with Crippen LogP contribution in [0.1, 0.15) is 13.8 Å². The van der Waals surface area contributed by atoms with Crippen LogP contribution in [0.15, 0.2) is 30.3 Å². The maximum atomic E-state index is 6.02. The fourth-order valence-corrected chi connectivity index (χ4v) is 3.21. The molecule has 0 aliphatic rings. The molecule has 1 aromatic carbocycles. The second-order valence-corrected chi connectivity index (χ2v) is 8.47. The molecule has 14 heavy (non-hydrogen) atoms. The summed E-state index contributed by atoms with van der Waals surface area (Å²) in [5.74, 6) is 0.616. The second-order valence-electron chi connectivity index (χ2n) is 4.58. The first-order valence-electron chi connectivity index (χ1n) is 5.22. The van der Waals surface area contributed by atoms with Gasteiger partial charge in [-0.05, 0) is 0 Å². The van der Waals surface area contributed by atoms with E-state index in [1.165, 1.54) is 5.30 Å². The molecule has 0 fully saturated rings. The van der Waals surface area contributed by atoms with Crippen molar-refractivity contribution in [2.45, 2.75) is 13.8 Å². The Kier molecular flexibility index (Phi) is 4.10. The normalized spacial score (nSPS) is 13.2. The predicted octanol–water partition coefficient (Wildman–Crippen LogP) is 2.91. The summed E-state index contributed by atoms with van der Waals surface area (Å²) in [4.78, 5) is 0. The molecule has 0 heterocycles. The summed E-state index contributed by atoms with van der Waals surface area (Å²) >= 11 is 0. The van der Waals surface area contributed by atoms with Crippen molar-refractivity contribution < 1.29 is 4.52 Å². The SMILES string of the molecule is CC(C)CO[PH](C)(C)c1ccccc1. The summed E-state index contributed by atoms with van der Waals surface area (Å²) in [6.07, 6.45) is 0. The van der Waals surface area contributed by atoms with Crippen molar-refractivity contribution in [3.8, 4) is 0 Å². The molecular formula is C12H21OP. The van der Waals surface area contributed by atoms with Crippen LogP contribution in [0.3, 0.4) is 0 Å². The Bertz CT molecular complexity index is 267. The van der Waals surface area contributed by atoms with Gasteiger partial charge in [0, 0.05) is 0 Å². The first-order valence-corrected chi connectivity index (χ1v) is 8.12. The number of hydrogen-bond donors (Lipinski definition) is 0. The van der Waals surface area contributed by atoms with Crippen molar-refractivity contribution >= 4 is 12.8 Å². The predicted molar refractivity (Wildman–Crippen MR) is 67.0 cm³/mol. The third-order valence-corrected chi connectivity index (χ3v) is 4.86. The standard InChI is InChI=1S/C12H21OP/c1-11(2)10-13-14(3,4)12-8-6-5-7-9-12/h5-9,11,14H,10H2,1-4H3. The van der Waals surface area contributed by atoms with E-state index < -0.39 is 7.49 Å². The Hall–Kier alpha value is -0.390. The topological polar surface area (TPSA) is 9.23 Å².